The van der Waals surface area contributed by atoms with Gasteiger partial charge >= 0.3 is 0 Å². The quantitative estimate of drug-likeness (QED) is 0.807. The normalized spacial score (nSPS) is 15.9. The van der Waals surface area contributed by atoms with Gasteiger partial charge in [-0.1, -0.05) is 29.8 Å². The molecule has 1 aliphatic heterocycles. The maximum absolute atomic E-state index is 12.8. The van der Waals surface area contributed by atoms with Gasteiger partial charge in [0.15, 0.2) is 6.04 Å². The number of para-hydroxylation sites is 2. The third-order valence-corrected chi connectivity index (χ3v) is 5.56. The van der Waals surface area contributed by atoms with Gasteiger partial charge in [0.25, 0.3) is 5.91 Å². The van der Waals surface area contributed by atoms with E-state index in [4.69, 9.17) is 4.74 Å². The molecule has 1 saturated heterocycles. The highest BCUT2D eigenvalue weighted by atomic mass is 16.5. The van der Waals surface area contributed by atoms with E-state index >= 15 is 0 Å². The van der Waals surface area contributed by atoms with E-state index in [0.29, 0.717) is 6.61 Å². The van der Waals surface area contributed by atoms with E-state index in [9.17, 15) is 4.79 Å². The first-order chi connectivity index (χ1) is 13.5. The summed E-state index contributed by atoms with van der Waals surface area (Å²) >= 11 is 0. The lowest BCUT2D eigenvalue weighted by Gasteiger charge is -2.36. The molecule has 1 aliphatic rings. The van der Waals surface area contributed by atoms with Crippen molar-refractivity contribution in [1.29, 1.82) is 0 Å². The average molecular weight is 383 g/mol. The Kier molecular flexibility index (Phi) is 6.57. The number of piperazine rings is 1. The third-order valence-electron chi connectivity index (χ3n) is 5.56. The minimum absolute atomic E-state index is 0.0787. The molecule has 0 saturated carbocycles. The van der Waals surface area contributed by atoms with Gasteiger partial charge in [-0.05, 0) is 51.5 Å². The molecule has 0 bridgehead atoms. The Hall–Kier alpha value is -2.53. The molecule has 2 aromatic carbocycles. The van der Waals surface area contributed by atoms with Crippen LogP contribution in [0.25, 0.3) is 0 Å². The van der Waals surface area contributed by atoms with Crippen LogP contribution in [0.3, 0.4) is 0 Å². The molecule has 3 rings (SSSR count). The number of nitrogens with one attached hydrogen (secondary N) is 2. The average Bonchev–Trinajstić information content (AvgIpc) is 2.70. The summed E-state index contributed by atoms with van der Waals surface area (Å²) < 4.78 is 5.78. The lowest BCUT2D eigenvalue weighted by atomic mass is 10.1. The number of nitrogens with zero attached hydrogens (tertiary/aromatic N) is 1. The summed E-state index contributed by atoms with van der Waals surface area (Å²) in [6, 6.07) is 14.3. The molecular weight excluding hydrogens is 350 g/mol. The third kappa shape index (κ3) is 4.65. The van der Waals surface area contributed by atoms with Gasteiger partial charge in [-0.3, -0.25) is 4.79 Å². The van der Waals surface area contributed by atoms with Crippen molar-refractivity contribution in [1.82, 2.24) is 0 Å². The molecule has 1 fully saturated rings. The van der Waals surface area contributed by atoms with Gasteiger partial charge in [0.05, 0.1) is 38.5 Å². The van der Waals surface area contributed by atoms with Crippen LogP contribution in [0.1, 0.15) is 25.0 Å². The Morgan fingerprint density at radius 1 is 1.18 bits per heavy atom. The number of carbonyl (C=O) groups excluding carboxylic acids is 1. The SMILES string of the molecule is CCOc1ccccc1N1CC[NH+]([C@H](C)C(=O)Nc2ccc(C)cc2C)CC1. The molecule has 0 aliphatic carbocycles. The molecule has 0 spiro atoms. The number of anilines is 2. The largest absolute Gasteiger partial charge is 0.492 e. The zero-order valence-electron chi connectivity index (χ0n) is 17.4. The molecule has 2 aromatic rings. The van der Waals surface area contributed by atoms with Gasteiger partial charge in [-0.2, -0.15) is 0 Å². The minimum atomic E-state index is -0.0787. The summed E-state index contributed by atoms with van der Waals surface area (Å²) in [4.78, 5) is 16.5. The Labute approximate surface area is 168 Å². The number of aryl methyl sites for hydroxylation is 2. The van der Waals surface area contributed by atoms with Crippen molar-refractivity contribution in [3.8, 4) is 5.75 Å². The standard InChI is InChI=1S/C23H31N3O2/c1-5-28-22-9-7-6-8-21(22)26-14-12-25(13-15-26)19(4)23(27)24-20-11-10-17(2)16-18(20)3/h6-11,16,19H,5,12-15H2,1-4H3,(H,24,27)/p+1/t19-/m1/s1. The van der Waals surface area contributed by atoms with E-state index in [1.165, 1.54) is 10.5 Å². The summed E-state index contributed by atoms with van der Waals surface area (Å²) in [5.41, 5.74) is 4.37. The van der Waals surface area contributed by atoms with Gasteiger partial charge in [0.2, 0.25) is 0 Å². The highest BCUT2D eigenvalue weighted by molar-refractivity contribution is 5.94. The van der Waals surface area contributed by atoms with Gasteiger partial charge in [-0.15, -0.1) is 0 Å². The van der Waals surface area contributed by atoms with E-state index in [-0.39, 0.29) is 11.9 Å². The molecule has 150 valence electrons. The van der Waals surface area contributed by atoms with Crippen molar-refractivity contribution >= 4 is 17.3 Å². The molecule has 28 heavy (non-hydrogen) atoms. The number of quaternary nitrogens is 1. The highest BCUT2D eigenvalue weighted by Crippen LogP contribution is 2.27. The molecule has 1 atom stereocenters. The van der Waals surface area contributed by atoms with Crippen LogP contribution in [0, 0.1) is 13.8 Å². The number of rotatable bonds is 6. The summed E-state index contributed by atoms with van der Waals surface area (Å²) in [6.07, 6.45) is 0. The number of hydrogen-bond acceptors (Lipinski definition) is 3. The van der Waals surface area contributed by atoms with E-state index in [1.54, 1.807) is 0 Å². The fourth-order valence-electron chi connectivity index (χ4n) is 3.84. The maximum atomic E-state index is 12.8. The number of ether oxygens (including phenoxy) is 1. The number of amides is 1. The zero-order chi connectivity index (χ0) is 20.1. The first-order valence-corrected chi connectivity index (χ1v) is 10.2. The highest BCUT2D eigenvalue weighted by Gasteiger charge is 2.30. The van der Waals surface area contributed by atoms with E-state index < -0.39 is 0 Å². The Morgan fingerprint density at radius 3 is 2.57 bits per heavy atom. The van der Waals surface area contributed by atoms with Gasteiger partial charge in [0, 0.05) is 5.69 Å². The van der Waals surface area contributed by atoms with Crippen molar-refractivity contribution in [2.24, 2.45) is 0 Å². The van der Waals surface area contributed by atoms with E-state index in [2.05, 4.69) is 35.3 Å². The van der Waals surface area contributed by atoms with Crippen LogP contribution < -0.4 is 19.9 Å². The monoisotopic (exact) mass is 382 g/mol. The fourth-order valence-corrected chi connectivity index (χ4v) is 3.84. The molecule has 5 nitrogen and oxygen atoms in total. The van der Waals surface area contributed by atoms with Gasteiger partial charge < -0.3 is 19.9 Å². The molecule has 5 heteroatoms. The Bertz CT molecular complexity index is 813. The van der Waals surface area contributed by atoms with Crippen LogP contribution in [-0.2, 0) is 4.79 Å². The van der Waals surface area contributed by atoms with E-state index in [0.717, 1.165) is 48.9 Å². The van der Waals surface area contributed by atoms with Crippen molar-refractivity contribution in [2.75, 3.05) is 43.0 Å². The second-order valence-electron chi connectivity index (χ2n) is 7.58. The molecular formula is C23H32N3O2+. The Balaban J connectivity index is 1.59. The molecule has 0 aromatic heterocycles. The summed E-state index contributed by atoms with van der Waals surface area (Å²) in [5.74, 6) is 1.03. The van der Waals surface area contributed by atoms with Crippen LogP contribution in [0.2, 0.25) is 0 Å². The maximum Gasteiger partial charge on any atom is 0.282 e. The topological polar surface area (TPSA) is 46.0 Å². The predicted molar refractivity (Wildman–Crippen MR) is 115 cm³/mol. The van der Waals surface area contributed by atoms with Crippen LogP contribution >= 0.6 is 0 Å². The lowest BCUT2D eigenvalue weighted by molar-refractivity contribution is -0.914. The minimum Gasteiger partial charge on any atom is -0.492 e. The predicted octanol–water partition coefficient (Wildman–Crippen LogP) is 2.43. The zero-order valence-corrected chi connectivity index (χ0v) is 17.4. The second kappa shape index (κ2) is 9.11. The van der Waals surface area contributed by atoms with Gasteiger partial charge in [-0.25, -0.2) is 0 Å². The van der Waals surface area contributed by atoms with Crippen molar-refractivity contribution in [2.45, 2.75) is 33.7 Å². The first kappa shape index (κ1) is 20.2. The van der Waals surface area contributed by atoms with Crippen molar-refractivity contribution < 1.29 is 14.4 Å². The second-order valence-corrected chi connectivity index (χ2v) is 7.58. The Morgan fingerprint density at radius 2 is 1.89 bits per heavy atom. The molecule has 0 radical (unpaired) electrons. The van der Waals surface area contributed by atoms with Crippen molar-refractivity contribution in [3.05, 3.63) is 53.6 Å². The molecule has 1 amide bonds. The van der Waals surface area contributed by atoms with Gasteiger partial charge in [0.1, 0.15) is 5.75 Å². The smallest absolute Gasteiger partial charge is 0.282 e. The van der Waals surface area contributed by atoms with E-state index in [1.807, 2.05) is 45.0 Å². The molecule has 1 heterocycles. The number of benzene rings is 2. The fraction of sp³-hybridized carbons (Fsp3) is 0.435. The van der Waals surface area contributed by atoms with Crippen LogP contribution in [0.4, 0.5) is 11.4 Å². The summed E-state index contributed by atoms with van der Waals surface area (Å²) in [5, 5.41) is 3.11. The number of carbonyl (C=O) groups is 1. The first-order valence-electron chi connectivity index (χ1n) is 10.2. The van der Waals surface area contributed by atoms with Crippen molar-refractivity contribution in [3.63, 3.8) is 0 Å². The van der Waals surface area contributed by atoms with Crippen LogP contribution in [-0.4, -0.2) is 44.7 Å². The van der Waals surface area contributed by atoms with Crippen LogP contribution in [0.5, 0.6) is 5.75 Å². The summed E-state index contributed by atoms with van der Waals surface area (Å²) in [7, 11) is 0. The molecule has 2 N–H and O–H groups in total. The summed E-state index contributed by atoms with van der Waals surface area (Å²) in [6.45, 7) is 12.5. The molecule has 0 unspecified atom stereocenters. The number of hydrogen-bond donors (Lipinski definition) is 2. The van der Waals surface area contributed by atoms with Crippen LogP contribution in [0.15, 0.2) is 42.5 Å². The lowest BCUT2D eigenvalue weighted by Crippen LogP contribution is -3.19.